The van der Waals surface area contributed by atoms with Gasteiger partial charge in [0.25, 0.3) is 0 Å². The van der Waals surface area contributed by atoms with Crippen molar-refractivity contribution in [3.63, 3.8) is 0 Å². The van der Waals surface area contributed by atoms with E-state index in [0.717, 1.165) is 24.4 Å². The summed E-state index contributed by atoms with van der Waals surface area (Å²) in [4.78, 5) is 31.3. The summed E-state index contributed by atoms with van der Waals surface area (Å²) in [7, 11) is 0. The Kier molecular flexibility index (Phi) is 7.29. The Bertz CT molecular complexity index is 882. The van der Waals surface area contributed by atoms with Crippen molar-refractivity contribution < 1.29 is 28.9 Å². The Hall–Kier alpha value is -1.91. The summed E-state index contributed by atoms with van der Waals surface area (Å²) in [6, 6.07) is 7.23. The summed E-state index contributed by atoms with van der Waals surface area (Å²) in [6.45, 7) is 0.749. The van der Waals surface area contributed by atoms with E-state index in [4.69, 9.17) is 5.73 Å². The number of aliphatic imine (C=N–C) groups is 1. The summed E-state index contributed by atoms with van der Waals surface area (Å²) in [5.74, 6) is 1.71. The Morgan fingerprint density at radius 2 is 1.90 bits per heavy atom. The van der Waals surface area contributed by atoms with Crippen molar-refractivity contribution in [3.8, 4) is 0 Å². The molecule has 0 bridgehead atoms. The van der Waals surface area contributed by atoms with Gasteiger partial charge in [0.1, 0.15) is 0 Å². The van der Waals surface area contributed by atoms with E-state index in [0.29, 0.717) is 17.4 Å². The van der Waals surface area contributed by atoms with Crippen molar-refractivity contribution >= 4 is 22.6 Å². The number of hydrogen-bond acceptors (Lipinski definition) is 4. The molecular formula is C24H30N4O2W. The van der Waals surface area contributed by atoms with E-state index in [1.165, 1.54) is 51.5 Å². The van der Waals surface area contributed by atoms with E-state index in [2.05, 4.69) is 10.3 Å². The Balaban J connectivity index is 1.32. The van der Waals surface area contributed by atoms with Gasteiger partial charge in [-0.05, 0) is 24.7 Å². The largest absolute Gasteiger partial charge is 0.334 e. The van der Waals surface area contributed by atoms with Gasteiger partial charge in [0.2, 0.25) is 5.91 Å². The maximum atomic E-state index is 13.2. The maximum Gasteiger partial charge on any atom is 0.226 e. The van der Waals surface area contributed by atoms with E-state index in [1.54, 1.807) is 35.1 Å². The van der Waals surface area contributed by atoms with Gasteiger partial charge < -0.3 is 10.6 Å². The number of nitrogens with zero attached hydrogens (tertiary/aromatic N) is 2. The molecule has 5 unspecified atom stereocenters. The molecule has 1 heterocycles. The summed E-state index contributed by atoms with van der Waals surface area (Å²) in [5.41, 5.74) is 8.03. The summed E-state index contributed by atoms with van der Waals surface area (Å²) < 4.78 is 1.75. The minimum absolute atomic E-state index is 0.0772. The van der Waals surface area contributed by atoms with Crippen LogP contribution in [-0.4, -0.2) is 40.0 Å². The zero-order valence-corrected chi connectivity index (χ0v) is 20.6. The SMILES string of the molecule is NC(c1ccc(C(=O)NC=CC=N[CH]=[W])cc1)C1CN1C(=O)C1CCCC2CCCC21. The van der Waals surface area contributed by atoms with Crippen LogP contribution in [0, 0.1) is 17.8 Å². The van der Waals surface area contributed by atoms with E-state index in [1.807, 2.05) is 17.0 Å². The molecule has 31 heavy (non-hydrogen) atoms. The molecule has 0 spiro atoms. The molecule has 2 amide bonds. The predicted molar refractivity (Wildman–Crippen MR) is 118 cm³/mol. The first kappa shape index (κ1) is 22.3. The van der Waals surface area contributed by atoms with Gasteiger partial charge >= 0.3 is 105 Å². The number of benzene rings is 1. The van der Waals surface area contributed by atoms with Gasteiger partial charge in [-0.3, -0.25) is 4.79 Å². The smallest absolute Gasteiger partial charge is 0.226 e. The summed E-state index contributed by atoms with van der Waals surface area (Å²) in [6.07, 6.45) is 12.2. The summed E-state index contributed by atoms with van der Waals surface area (Å²) >= 11 is 1.28. The fraction of sp³-hybridized carbons (Fsp3) is 0.500. The van der Waals surface area contributed by atoms with Gasteiger partial charge in [-0.15, -0.1) is 0 Å². The Morgan fingerprint density at radius 3 is 2.65 bits per heavy atom. The third-order valence-electron chi connectivity index (χ3n) is 7.09. The van der Waals surface area contributed by atoms with Crippen LogP contribution in [0.3, 0.4) is 0 Å². The number of carbonyl (C=O) groups excluding carboxylic acids is 2. The average Bonchev–Trinajstić information content (AvgIpc) is 3.45. The van der Waals surface area contributed by atoms with Crippen molar-refractivity contribution in [2.45, 2.75) is 50.6 Å². The third-order valence-corrected chi connectivity index (χ3v) is 7.53. The van der Waals surface area contributed by atoms with Gasteiger partial charge in [0.15, 0.2) is 0 Å². The van der Waals surface area contributed by atoms with Crippen LogP contribution >= 0.6 is 0 Å². The normalized spacial score (nSPS) is 28.5. The van der Waals surface area contributed by atoms with Crippen LogP contribution in [0.2, 0.25) is 0 Å². The van der Waals surface area contributed by atoms with Crippen LogP contribution in [0.1, 0.15) is 60.5 Å². The molecule has 7 heteroatoms. The predicted octanol–water partition coefficient (Wildman–Crippen LogP) is 2.73. The first-order valence-corrected chi connectivity index (χ1v) is 12.9. The molecule has 1 aromatic carbocycles. The van der Waals surface area contributed by atoms with E-state index in [9.17, 15) is 9.59 Å². The van der Waals surface area contributed by atoms with Gasteiger partial charge in [0.05, 0.1) is 6.04 Å². The van der Waals surface area contributed by atoms with Crippen molar-refractivity contribution in [2.75, 3.05) is 6.54 Å². The molecule has 2 saturated carbocycles. The average molecular weight is 590 g/mol. The number of nitrogens with one attached hydrogen (secondary N) is 1. The van der Waals surface area contributed by atoms with Crippen LogP contribution in [0.15, 0.2) is 41.5 Å². The first-order valence-electron chi connectivity index (χ1n) is 11.2. The number of fused-ring (bicyclic) bond motifs is 1. The number of hydrogen-bond donors (Lipinski definition) is 2. The molecule has 4 rings (SSSR count). The number of amides is 2. The molecule has 0 radical (unpaired) electrons. The quantitative estimate of drug-likeness (QED) is 0.379. The van der Waals surface area contributed by atoms with Crippen molar-refractivity contribution in [1.29, 1.82) is 0 Å². The number of rotatable bonds is 7. The minimum Gasteiger partial charge on any atom is -0.334 e. The molecule has 1 aliphatic heterocycles. The molecule has 3 aliphatic rings. The Labute approximate surface area is 194 Å². The fourth-order valence-electron chi connectivity index (χ4n) is 5.42. The Morgan fingerprint density at radius 1 is 1.16 bits per heavy atom. The number of allylic oxidation sites excluding steroid dienone is 1. The van der Waals surface area contributed by atoms with Crippen molar-refractivity contribution in [3.05, 3.63) is 47.7 Å². The number of nitrogens with two attached hydrogens (primary N) is 1. The molecule has 6 nitrogen and oxygen atoms in total. The third kappa shape index (κ3) is 5.12. The molecule has 0 aromatic heterocycles. The number of carbonyl (C=O) groups is 2. The minimum atomic E-state index is -0.215. The second-order valence-electron chi connectivity index (χ2n) is 8.83. The zero-order valence-electron chi connectivity index (χ0n) is 17.7. The van der Waals surface area contributed by atoms with E-state index in [-0.39, 0.29) is 23.9 Å². The van der Waals surface area contributed by atoms with Crippen LogP contribution in [0.4, 0.5) is 0 Å². The van der Waals surface area contributed by atoms with Gasteiger partial charge in [0, 0.05) is 12.5 Å². The van der Waals surface area contributed by atoms with Gasteiger partial charge in [-0.1, -0.05) is 25.7 Å². The second-order valence-corrected chi connectivity index (χ2v) is 9.59. The fourth-order valence-corrected chi connectivity index (χ4v) is 5.67. The van der Waals surface area contributed by atoms with E-state index >= 15 is 0 Å². The molecule has 5 atom stereocenters. The van der Waals surface area contributed by atoms with Crippen molar-refractivity contribution in [2.24, 2.45) is 28.5 Å². The topological polar surface area (TPSA) is 87.6 Å². The molecule has 164 valence electrons. The standard InChI is InChI=1S/C24H30N4O2.W/c1-26-13-4-14-27-23(29)18-11-9-17(10-12-18)22(25)21-15-28(21)24(30)20-8-3-6-16-5-2-7-19(16)20;/h1,4,9-14,16,19-22H,2-3,5-8,15,25H2,(H,27,29);. The molecular weight excluding hydrogens is 560 g/mol. The van der Waals surface area contributed by atoms with Crippen LogP contribution in [0.5, 0.6) is 0 Å². The van der Waals surface area contributed by atoms with Gasteiger partial charge in [-0.25, -0.2) is 0 Å². The molecule has 1 saturated heterocycles. The monoisotopic (exact) mass is 590 g/mol. The first-order chi connectivity index (χ1) is 15.1. The molecule has 2 aliphatic carbocycles. The van der Waals surface area contributed by atoms with Crippen molar-refractivity contribution in [1.82, 2.24) is 10.2 Å². The van der Waals surface area contributed by atoms with E-state index < -0.39 is 0 Å². The molecule has 3 fully saturated rings. The maximum absolute atomic E-state index is 13.2. The second kappa shape index (κ2) is 10.1. The summed E-state index contributed by atoms with van der Waals surface area (Å²) in [5, 5.41) is 2.72. The molecule has 3 N–H and O–H groups in total. The van der Waals surface area contributed by atoms with Crippen LogP contribution < -0.4 is 11.1 Å². The zero-order chi connectivity index (χ0) is 21.8. The van der Waals surface area contributed by atoms with Gasteiger partial charge in [-0.2, -0.15) is 0 Å². The molecule has 1 aromatic rings. The van der Waals surface area contributed by atoms with Crippen LogP contribution in [-0.2, 0) is 24.1 Å². The van der Waals surface area contributed by atoms with Crippen LogP contribution in [0.25, 0.3) is 0 Å².